The van der Waals surface area contributed by atoms with Crippen LogP contribution in [0.1, 0.15) is 0 Å². The predicted molar refractivity (Wildman–Crippen MR) is 79.9 cm³/mol. The molecule has 0 aromatic carbocycles. The molecular weight excluding hydrogens is 350 g/mol. The number of hydrogen-bond donors (Lipinski definition) is 2. The van der Waals surface area contributed by atoms with Crippen molar-refractivity contribution in [1.29, 1.82) is 0 Å². The van der Waals surface area contributed by atoms with Crippen molar-refractivity contribution in [1.82, 2.24) is 9.71 Å². The van der Waals surface area contributed by atoms with Crippen LogP contribution in [0.25, 0.3) is 0 Å². The van der Waals surface area contributed by atoms with Crippen LogP contribution in [-0.2, 0) is 10.0 Å². The van der Waals surface area contributed by atoms with Crippen molar-refractivity contribution in [3.05, 3.63) is 40.4 Å². The van der Waals surface area contributed by atoms with Gasteiger partial charge in [0.15, 0.2) is 0 Å². The summed E-state index contributed by atoms with van der Waals surface area (Å²) in [5, 5.41) is 4.82. The normalized spacial score (nSPS) is 11.4. The summed E-state index contributed by atoms with van der Waals surface area (Å²) in [5.41, 5.74) is 0.838. The monoisotopic (exact) mass is 361 g/mol. The van der Waals surface area contributed by atoms with Crippen molar-refractivity contribution in [2.45, 2.75) is 4.21 Å². The largest absolute Gasteiger partial charge is 0.382 e. The third kappa shape index (κ3) is 4.27. The Hall–Kier alpha value is -0.960. The Kier molecular flexibility index (Phi) is 4.92. The Bertz CT molecular complexity index is 629. The van der Waals surface area contributed by atoms with E-state index in [2.05, 4.69) is 31.0 Å². The molecule has 0 aliphatic rings. The molecule has 0 saturated heterocycles. The second-order valence-corrected chi connectivity index (χ2v) is 7.51. The van der Waals surface area contributed by atoms with Crippen LogP contribution in [-0.4, -0.2) is 26.5 Å². The van der Waals surface area contributed by atoms with Gasteiger partial charge in [0.05, 0.1) is 11.9 Å². The number of nitrogens with zero attached hydrogens (tertiary/aromatic N) is 1. The van der Waals surface area contributed by atoms with Crippen LogP contribution in [0.3, 0.4) is 0 Å². The third-order valence-corrected chi connectivity index (χ3v) is 5.50. The SMILES string of the molecule is O=S(=O)(NCCNc1cncc(Br)c1)c1cccs1. The second-order valence-electron chi connectivity index (χ2n) is 3.65. The first-order valence-corrected chi connectivity index (χ1v) is 8.61. The fourth-order valence-electron chi connectivity index (χ4n) is 1.39. The highest BCUT2D eigenvalue weighted by molar-refractivity contribution is 9.10. The minimum atomic E-state index is -3.38. The van der Waals surface area contributed by atoms with Crippen LogP contribution in [0.2, 0.25) is 0 Å². The zero-order chi connectivity index (χ0) is 13.7. The minimum Gasteiger partial charge on any atom is -0.382 e. The first-order chi connectivity index (χ1) is 9.08. The number of sulfonamides is 1. The van der Waals surface area contributed by atoms with E-state index in [4.69, 9.17) is 0 Å². The highest BCUT2D eigenvalue weighted by Gasteiger charge is 2.13. The lowest BCUT2D eigenvalue weighted by Crippen LogP contribution is -2.28. The molecule has 2 aromatic heterocycles. The standard InChI is InChI=1S/C11H12BrN3O2S2/c12-9-6-10(8-13-7-9)14-3-4-15-19(16,17)11-2-1-5-18-11/h1-2,5-8,14-15H,3-4H2. The first kappa shape index (κ1) is 14.4. The summed E-state index contributed by atoms with van der Waals surface area (Å²) in [6.45, 7) is 0.801. The average Bonchev–Trinajstić information content (AvgIpc) is 2.89. The molecule has 0 unspecified atom stereocenters. The van der Waals surface area contributed by atoms with E-state index in [0.717, 1.165) is 10.2 Å². The Balaban J connectivity index is 1.81. The van der Waals surface area contributed by atoms with Crippen molar-refractivity contribution >= 4 is 43.0 Å². The summed E-state index contributed by atoms with van der Waals surface area (Å²) in [5.74, 6) is 0. The molecule has 0 amide bonds. The summed E-state index contributed by atoms with van der Waals surface area (Å²) in [6, 6.07) is 5.17. The lowest BCUT2D eigenvalue weighted by molar-refractivity contribution is 0.585. The summed E-state index contributed by atoms with van der Waals surface area (Å²) < 4.78 is 27.4. The number of nitrogens with one attached hydrogen (secondary N) is 2. The third-order valence-electron chi connectivity index (χ3n) is 2.21. The van der Waals surface area contributed by atoms with Gasteiger partial charge in [0.1, 0.15) is 4.21 Å². The van der Waals surface area contributed by atoms with Crippen LogP contribution in [0.15, 0.2) is 44.7 Å². The molecule has 2 N–H and O–H groups in total. The molecule has 8 heteroatoms. The summed E-state index contributed by atoms with van der Waals surface area (Å²) in [7, 11) is -3.38. The number of rotatable bonds is 6. The number of thiophene rings is 1. The molecule has 0 aliphatic carbocycles. The van der Waals surface area contributed by atoms with Crippen molar-refractivity contribution in [3.8, 4) is 0 Å². The Morgan fingerprint density at radius 1 is 1.32 bits per heavy atom. The highest BCUT2D eigenvalue weighted by atomic mass is 79.9. The molecule has 0 aliphatic heterocycles. The number of anilines is 1. The zero-order valence-electron chi connectivity index (χ0n) is 9.84. The van der Waals surface area contributed by atoms with Gasteiger partial charge in [0, 0.05) is 23.8 Å². The van der Waals surface area contributed by atoms with Crippen LogP contribution in [0, 0.1) is 0 Å². The number of hydrogen-bond acceptors (Lipinski definition) is 5. The molecule has 2 heterocycles. The van der Waals surface area contributed by atoms with Crippen molar-refractivity contribution in [2.24, 2.45) is 0 Å². The fourth-order valence-corrected chi connectivity index (χ4v) is 3.82. The van der Waals surface area contributed by atoms with E-state index < -0.39 is 10.0 Å². The summed E-state index contributed by atoms with van der Waals surface area (Å²) in [4.78, 5) is 4.01. The first-order valence-electron chi connectivity index (χ1n) is 5.45. The van der Waals surface area contributed by atoms with Gasteiger partial charge < -0.3 is 5.32 Å². The van der Waals surface area contributed by atoms with Gasteiger partial charge >= 0.3 is 0 Å². The summed E-state index contributed by atoms with van der Waals surface area (Å²) in [6.07, 6.45) is 3.36. The Morgan fingerprint density at radius 3 is 2.84 bits per heavy atom. The van der Waals surface area contributed by atoms with E-state index >= 15 is 0 Å². The second kappa shape index (κ2) is 6.47. The fraction of sp³-hybridized carbons (Fsp3) is 0.182. The summed E-state index contributed by atoms with van der Waals surface area (Å²) >= 11 is 4.52. The number of aromatic nitrogens is 1. The van der Waals surface area contributed by atoms with Gasteiger partial charge in [-0.2, -0.15) is 0 Å². The topological polar surface area (TPSA) is 71.1 Å². The molecule has 2 aromatic rings. The molecule has 19 heavy (non-hydrogen) atoms. The van der Waals surface area contributed by atoms with Gasteiger partial charge in [-0.15, -0.1) is 11.3 Å². The predicted octanol–water partition coefficient (Wildman–Crippen LogP) is 2.30. The molecule has 2 rings (SSSR count). The number of pyridine rings is 1. The van der Waals surface area contributed by atoms with E-state index in [-0.39, 0.29) is 0 Å². The van der Waals surface area contributed by atoms with E-state index in [0.29, 0.717) is 17.3 Å². The lowest BCUT2D eigenvalue weighted by atomic mass is 10.4. The van der Waals surface area contributed by atoms with E-state index in [1.165, 1.54) is 11.3 Å². The maximum atomic E-state index is 11.8. The van der Waals surface area contributed by atoms with Gasteiger partial charge in [-0.3, -0.25) is 4.98 Å². The Morgan fingerprint density at radius 2 is 2.16 bits per heavy atom. The molecule has 102 valence electrons. The Labute approximate surface area is 124 Å². The van der Waals surface area contributed by atoms with Crippen LogP contribution in [0.5, 0.6) is 0 Å². The maximum Gasteiger partial charge on any atom is 0.250 e. The van der Waals surface area contributed by atoms with Crippen molar-refractivity contribution in [3.63, 3.8) is 0 Å². The molecule has 0 bridgehead atoms. The average molecular weight is 362 g/mol. The van der Waals surface area contributed by atoms with Gasteiger partial charge in [0.25, 0.3) is 0 Å². The van der Waals surface area contributed by atoms with E-state index in [9.17, 15) is 8.42 Å². The number of halogens is 1. The van der Waals surface area contributed by atoms with E-state index in [1.807, 2.05) is 6.07 Å². The minimum absolute atomic E-state index is 0.312. The van der Waals surface area contributed by atoms with Gasteiger partial charge in [-0.1, -0.05) is 6.07 Å². The molecule has 0 spiro atoms. The van der Waals surface area contributed by atoms with Crippen LogP contribution >= 0.6 is 27.3 Å². The molecule has 5 nitrogen and oxygen atoms in total. The smallest absolute Gasteiger partial charge is 0.250 e. The maximum absolute atomic E-state index is 11.8. The molecule has 0 atom stereocenters. The van der Waals surface area contributed by atoms with Gasteiger partial charge in [-0.25, -0.2) is 13.1 Å². The molecule has 0 fully saturated rings. The van der Waals surface area contributed by atoms with Gasteiger partial charge in [-0.05, 0) is 33.4 Å². The quantitative estimate of drug-likeness (QED) is 0.774. The zero-order valence-corrected chi connectivity index (χ0v) is 13.1. The highest BCUT2D eigenvalue weighted by Crippen LogP contribution is 2.15. The molecule has 0 radical (unpaired) electrons. The van der Waals surface area contributed by atoms with Gasteiger partial charge in [0.2, 0.25) is 10.0 Å². The lowest BCUT2D eigenvalue weighted by Gasteiger charge is -2.07. The molecule has 0 saturated carbocycles. The molecular formula is C11H12BrN3O2S2. The van der Waals surface area contributed by atoms with E-state index in [1.54, 1.807) is 29.9 Å². The van der Waals surface area contributed by atoms with Crippen LogP contribution in [0.4, 0.5) is 5.69 Å². The van der Waals surface area contributed by atoms with Crippen molar-refractivity contribution < 1.29 is 8.42 Å². The van der Waals surface area contributed by atoms with Crippen LogP contribution < -0.4 is 10.0 Å². The van der Waals surface area contributed by atoms with Crippen molar-refractivity contribution in [2.75, 3.05) is 18.4 Å².